The topological polar surface area (TPSA) is 54.5 Å². The minimum absolute atomic E-state index is 0.160. The molecule has 1 amide bonds. The summed E-state index contributed by atoms with van der Waals surface area (Å²) in [7, 11) is 1.66. The number of nitrogens with one attached hydrogen (secondary N) is 1. The predicted octanol–water partition coefficient (Wildman–Crippen LogP) is 3.14. The first-order valence-electron chi connectivity index (χ1n) is 7.97. The molecule has 24 heavy (non-hydrogen) atoms. The summed E-state index contributed by atoms with van der Waals surface area (Å²) in [4.78, 5) is 18.6. The third-order valence-electron chi connectivity index (χ3n) is 4.22. The second-order valence-corrected chi connectivity index (χ2v) is 6.23. The molecule has 2 heterocycles. The maximum atomic E-state index is 12.2. The number of methoxy groups -OCH3 is 1. The monoisotopic (exact) mass is 345 g/mol. The van der Waals surface area contributed by atoms with Crippen LogP contribution < -0.4 is 15.0 Å². The highest BCUT2D eigenvalue weighted by Gasteiger charge is 2.21. The normalized spacial score (nSPS) is 15.2. The molecule has 0 aliphatic carbocycles. The summed E-state index contributed by atoms with van der Waals surface area (Å²) in [6.45, 7) is 1.81. The zero-order valence-electron chi connectivity index (χ0n) is 13.5. The van der Waals surface area contributed by atoms with Gasteiger partial charge in [-0.1, -0.05) is 11.6 Å². The van der Waals surface area contributed by atoms with Gasteiger partial charge in [0.25, 0.3) is 5.91 Å². The van der Waals surface area contributed by atoms with Crippen LogP contribution in [0.15, 0.2) is 42.6 Å². The van der Waals surface area contributed by atoms with Crippen molar-refractivity contribution in [1.29, 1.82) is 0 Å². The Morgan fingerprint density at radius 1 is 1.25 bits per heavy atom. The van der Waals surface area contributed by atoms with E-state index in [1.165, 1.54) is 5.69 Å². The summed E-state index contributed by atoms with van der Waals surface area (Å²) in [5, 5.41) is 3.56. The predicted molar refractivity (Wildman–Crippen MR) is 94.9 cm³/mol. The van der Waals surface area contributed by atoms with Gasteiger partial charge in [-0.15, -0.1) is 0 Å². The van der Waals surface area contributed by atoms with Crippen molar-refractivity contribution in [3.05, 3.63) is 53.3 Å². The lowest BCUT2D eigenvalue weighted by atomic mass is 10.0. The first kappa shape index (κ1) is 16.6. The van der Waals surface area contributed by atoms with E-state index in [0.717, 1.165) is 31.7 Å². The number of aromatic nitrogens is 1. The lowest BCUT2D eigenvalue weighted by Crippen LogP contribution is -2.44. The van der Waals surface area contributed by atoms with Crippen molar-refractivity contribution >= 4 is 23.2 Å². The largest absolute Gasteiger partial charge is 0.497 e. The molecule has 1 N–H and O–H groups in total. The number of amides is 1. The molecule has 0 spiro atoms. The molecule has 0 radical (unpaired) electrons. The number of pyridine rings is 1. The van der Waals surface area contributed by atoms with E-state index >= 15 is 0 Å². The molecule has 3 rings (SSSR count). The van der Waals surface area contributed by atoms with Crippen LogP contribution in [0.4, 0.5) is 5.69 Å². The Balaban J connectivity index is 1.54. The van der Waals surface area contributed by atoms with Gasteiger partial charge in [-0.25, -0.2) is 0 Å². The molecule has 1 aromatic carbocycles. The summed E-state index contributed by atoms with van der Waals surface area (Å²) >= 11 is 5.90. The van der Waals surface area contributed by atoms with Crippen LogP contribution in [0.5, 0.6) is 5.75 Å². The van der Waals surface area contributed by atoms with Crippen LogP contribution in [0.25, 0.3) is 0 Å². The van der Waals surface area contributed by atoms with E-state index in [0.29, 0.717) is 10.7 Å². The molecule has 1 fully saturated rings. The second-order valence-electron chi connectivity index (χ2n) is 5.79. The zero-order chi connectivity index (χ0) is 16.9. The zero-order valence-corrected chi connectivity index (χ0v) is 14.3. The molecular formula is C18H20ClN3O2. The van der Waals surface area contributed by atoms with Gasteiger partial charge in [0, 0.05) is 36.0 Å². The highest BCUT2D eigenvalue weighted by atomic mass is 35.5. The Morgan fingerprint density at radius 2 is 1.96 bits per heavy atom. The van der Waals surface area contributed by atoms with E-state index in [2.05, 4.69) is 27.3 Å². The van der Waals surface area contributed by atoms with E-state index < -0.39 is 0 Å². The highest BCUT2D eigenvalue weighted by Crippen LogP contribution is 2.23. The second kappa shape index (κ2) is 7.53. The van der Waals surface area contributed by atoms with Crippen molar-refractivity contribution in [3.63, 3.8) is 0 Å². The lowest BCUT2D eigenvalue weighted by molar-refractivity contribution is 0.0926. The van der Waals surface area contributed by atoms with Crippen molar-refractivity contribution in [2.75, 3.05) is 25.1 Å². The number of halogens is 1. The van der Waals surface area contributed by atoms with Crippen molar-refractivity contribution in [2.45, 2.75) is 18.9 Å². The van der Waals surface area contributed by atoms with Crippen LogP contribution in [0, 0.1) is 0 Å². The average molecular weight is 346 g/mol. The number of carbonyl (C=O) groups excluding carboxylic acids is 1. The lowest BCUT2D eigenvalue weighted by Gasteiger charge is -2.34. The fraction of sp³-hybridized carbons (Fsp3) is 0.333. The average Bonchev–Trinajstić information content (AvgIpc) is 2.62. The molecule has 126 valence electrons. The Hall–Kier alpha value is -2.27. The van der Waals surface area contributed by atoms with Gasteiger partial charge in [0.15, 0.2) is 0 Å². The first-order chi connectivity index (χ1) is 11.7. The molecule has 1 aliphatic heterocycles. The van der Waals surface area contributed by atoms with Crippen LogP contribution in [0.1, 0.15) is 23.3 Å². The van der Waals surface area contributed by atoms with Crippen molar-refractivity contribution in [2.24, 2.45) is 0 Å². The standard InChI is InChI=1S/C18H20ClN3O2/c1-24-16-4-2-15(3-5-16)22-10-7-14(8-11-22)21-18(23)17-12-13(19)6-9-20-17/h2-6,9,12,14H,7-8,10-11H2,1H3,(H,21,23). The number of benzene rings is 1. The number of hydrogen-bond acceptors (Lipinski definition) is 4. The third-order valence-corrected chi connectivity index (χ3v) is 4.46. The van der Waals surface area contributed by atoms with Crippen molar-refractivity contribution < 1.29 is 9.53 Å². The van der Waals surface area contributed by atoms with E-state index in [1.807, 2.05) is 12.1 Å². The van der Waals surface area contributed by atoms with Gasteiger partial charge in [0.2, 0.25) is 0 Å². The summed E-state index contributed by atoms with van der Waals surface area (Å²) in [6.07, 6.45) is 3.35. The van der Waals surface area contributed by atoms with E-state index in [4.69, 9.17) is 16.3 Å². The molecule has 0 unspecified atom stereocenters. The number of anilines is 1. The van der Waals surface area contributed by atoms with Gasteiger partial charge >= 0.3 is 0 Å². The van der Waals surface area contributed by atoms with Gasteiger partial charge in [-0.05, 0) is 49.2 Å². The molecule has 0 saturated carbocycles. The highest BCUT2D eigenvalue weighted by molar-refractivity contribution is 6.30. The summed E-state index contributed by atoms with van der Waals surface area (Å²) < 4.78 is 5.19. The minimum Gasteiger partial charge on any atom is -0.497 e. The molecule has 1 aromatic heterocycles. The Morgan fingerprint density at radius 3 is 2.58 bits per heavy atom. The summed E-state index contributed by atoms with van der Waals surface area (Å²) in [6, 6.07) is 11.5. The maximum absolute atomic E-state index is 12.2. The van der Waals surface area contributed by atoms with Crippen LogP contribution in [0.3, 0.4) is 0 Å². The molecule has 0 bridgehead atoms. The maximum Gasteiger partial charge on any atom is 0.270 e. The molecule has 6 heteroatoms. The molecule has 1 saturated heterocycles. The smallest absolute Gasteiger partial charge is 0.270 e. The number of nitrogens with zero attached hydrogens (tertiary/aromatic N) is 2. The van der Waals surface area contributed by atoms with Crippen LogP contribution in [-0.2, 0) is 0 Å². The van der Waals surface area contributed by atoms with E-state index in [9.17, 15) is 4.79 Å². The Bertz CT molecular complexity index is 698. The minimum atomic E-state index is -0.166. The molecule has 2 aromatic rings. The Labute approximate surface area is 146 Å². The molecule has 0 atom stereocenters. The van der Waals surface area contributed by atoms with E-state index in [1.54, 1.807) is 25.4 Å². The third kappa shape index (κ3) is 3.97. The van der Waals surface area contributed by atoms with Crippen molar-refractivity contribution in [3.8, 4) is 5.75 Å². The van der Waals surface area contributed by atoms with Crippen molar-refractivity contribution in [1.82, 2.24) is 10.3 Å². The van der Waals surface area contributed by atoms with Crippen LogP contribution >= 0.6 is 11.6 Å². The number of piperidine rings is 1. The van der Waals surface area contributed by atoms with Gasteiger partial charge in [-0.2, -0.15) is 0 Å². The molecule has 1 aliphatic rings. The number of hydrogen-bond donors (Lipinski definition) is 1. The van der Waals surface area contributed by atoms with Crippen LogP contribution in [-0.4, -0.2) is 37.1 Å². The van der Waals surface area contributed by atoms with Gasteiger partial charge in [0.1, 0.15) is 11.4 Å². The Kier molecular flexibility index (Phi) is 5.20. The summed E-state index contributed by atoms with van der Waals surface area (Å²) in [5.41, 5.74) is 1.54. The van der Waals surface area contributed by atoms with Crippen LogP contribution in [0.2, 0.25) is 5.02 Å². The van der Waals surface area contributed by atoms with Gasteiger partial charge in [-0.3, -0.25) is 9.78 Å². The summed E-state index contributed by atoms with van der Waals surface area (Å²) in [5.74, 6) is 0.690. The SMILES string of the molecule is COc1ccc(N2CCC(NC(=O)c3cc(Cl)ccn3)CC2)cc1. The number of rotatable bonds is 4. The van der Waals surface area contributed by atoms with E-state index in [-0.39, 0.29) is 11.9 Å². The number of carbonyl (C=O) groups is 1. The van der Waals surface area contributed by atoms with Gasteiger partial charge in [0.05, 0.1) is 7.11 Å². The molecular weight excluding hydrogens is 326 g/mol. The van der Waals surface area contributed by atoms with Gasteiger partial charge < -0.3 is 15.0 Å². The first-order valence-corrected chi connectivity index (χ1v) is 8.35. The fourth-order valence-electron chi connectivity index (χ4n) is 2.86. The fourth-order valence-corrected chi connectivity index (χ4v) is 3.02. The molecule has 5 nitrogen and oxygen atoms in total. The number of ether oxygens (including phenoxy) is 1. The quantitative estimate of drug-likeness (QED) is 0.925.